The average molecular weight is 551 g/mol. The van der Waals surface area contributed by atoms with E-state index in [1.165, 1.54) is 12.1 Å². The summed E-state index contributed by atoms with van der Waals surface area (Å²) in [5.74, 6) is -0.386. The Balaban J connectivity index is 1.36. The number of fused-ring (bicyclic) bond motifs is 1. The standard InChI is InChI=1S/C32H27FN4O4/c1-20(31-36-28-13-12-24(32(38)39)17-29(28)37(31)14-15-40-2)22-8-10-23(11-9-22)27-4-3-5-30(35-27)41-19-25-7-6-21(18-34)16-26(25)33/h3-13,16-17,20H,14-15,19H2,1-2H3,(H,38,39)/t20-/m0/s1. The fraction of sp³-hybridized carbons (Fsp3) is 0.188. The summed E-state index contributed by atoms with van der Waals surface area (Å²) in [6.45, 7) is 3.05. The molecule has 5 aromatic rings. The number of nitrogens with zero attached hydrogens (tertiary/aromatic N) is 4. The molecule has 0 bridgehead atoms. The Morgan fingerprint density at radius 2 is 1.88 bits per heavy atom. The first-order valence-corrected chi connectivity index (χ1v) is 13.0. The maximum atomic E-state index is 14.2. The van der Waals surface area contributed by atoms with Crippen LogP contribution < -0.4 is 4.74 Å². The van der Waals surface area contributed by atoms with E-state index in [0.29, 0.717) is 30.3 Å². The van der Waals surface area contributed by atoms with Gasteiger partial charge in [0, 0.05) is 36.8 Å². The van der Waals surface area contributed by atoms with Gasteiger partial charge in [-0.3, -0.25) is 0 Å². The minimum absolute atomic E-state index is 0.0114. The number of aromatic carboxylic acids is 1. The topological polar surface area (TPSA) is 110 Å². The van der Waals surface area contributed by atoms with Crippen LogP contribution in [0.4, 0.5) is 4.39 Å². The van der Waals surface area contributed by atoms with E-state index in [9.17, 15) is 14.3 Å². The van der Waals surface area contributed by atoms with Crippen molar-refractivity contribution in [2.45, 2.75) is 26.0 Å². The van der Waals surface area contributed by atoms with Gasteiger partial charge in [0.05, 0.1) is 40.5 Å². The molecule has 9 heteroatoms. The quantitative estimate of drug-likeness (QED) is 0.221. The second-order valence-corrected chi connectivity index (χ2v) is 9.53. The predicted molar refractivity (Wildman–Crippen MR) is 151 cm³/mol. The SMILES string of the molecule is COCCn1c([C@@H](C)c2ccc(-c3cccc(OCc4ccc(C#N)cc4F)n3)cc2)nc2ccc(C(=O)O)cc21. The van der Waals surface area contributed by atoms with E-state index in [0.717, 1.165) is 28.0 Å². The molecule has 2 heterocycles. The molecule has 3 aromatic carbocycles. The molecule has 8 nitrogen and oxygen atoms in total. The van der Waals surface area contributed by atoms with Crippen molar-refractivity contribution in [1.29, 1.82) is 5.26 Å². The van der Waals surface area contributed by atoms with Gasteiger partial charge in [0.2, 0.25) is 5.88 Å². The van der Waals surface area contributed by atoms with Gasteiger partial charge >= 0.3 is 5.97 Å². The number of aromatic nitrogens is 3. The van der Waals surface area contributed by atoms with Gasteiger partial charge in [0.25, 0.3) is 0 Å². The average Bonchev–Trinajstić information content (AvgIpc) is 3.36. The fourth-order valence-corrected chi connectivity index (χ4v) is 4.66. The van der Waals surface area contributed by atoms with Gasteiger partial charge in [0.1, 0.15) is 18.2 Å². The highest BCUT2D eigenvalue weighted by molar-refractivity contribution is 5.92. The van der Waals surface area contributed by atoms with E-state index >= 15 is 0 Å². The molecule has 0 aliphatic rings. The van der Waals surface area contributed by atoms with Crippen LogP contribution in [0.3, 0.4) is 0 Å². The van der Waals surface area contributed by atoms with Crippen molar-refractivity contribution in [1.82, 2.24) is 14.5 Å². The Labute approximate surface area is 236 Å². The highest BCUT2D eigenvalue weighted by atomic mass is 19.1. The molecular formula is C32H27FN4O4. The van der Waals surface area contributed by atoms with E-state index in [4.69, 9.17) is 19.7 Å². The number of methoxy groups -OCH3 is 1. The largest absolute Gasteiger partial charge is 0.478 e. The van der Waals surface area contributed by atoms with Crippen LogP contribution in [0.1, 0.15) is 45.7 Å². The number of halogens is 1. The number of carboxylic acid groups (broad SMARTS) is 1. The third-order valence-corrected chi connectivity index (χ3v) is 6.92. The van der Waals surface area contributed by atoms with Crippen molar-refractivity contribution in [3.8, 4) is 23.2 Å². The molecule has 0 saturated heterocycles. The van der Waals surface area contributed by atoms with Crippen molar-refractivity contribution in [3.05, 3.63) is 113 Å². The molecule has 0 spiro atoms. The second-order valence-electron chi connectivity index (χ2n) is 9.53. The van der Waals surface area contributed by atoms with Crippen molar-refractivity contribution in [2.75, 3.05) is 13.7 Å². The number of imidazole rings is 1. The van der Waals surface area contributed by atoms with Crippen LogP contribution in [0.2, 0.25) is 0 Å². The molecular weight excluding hydrogens is 523 g/mol. The summed E-state index contributed by atoms with van der Waals surface area (Å²) in [6, 6.07) is 24.5. The molecule has 1 atom stereocenters. The van der Waals surface area contributed by atoms with E-state index in [1.54, 1.807) is 37.4 Å². The zero-order valence-corrected chi connectivity index (χ0v) is 22.5. The first-order valence-electron chi connectivity index (χ1n) is 13.0. The lowest BCUT2D eigenvalue weighted by atomic mass is 9.98. The maximum Gasteiger partial charge on any atom is 0.335 e. The Morgan fingerprint density at radius 3 is 2.59 bits per heavy atom. The smallest absolute Gasteiger partial charge is 0.335 e. The summed E-state index contributed by atoms with van der Waals surface area (Å²) >= 11 is 0. The van der Waals surface area contributed by atoms with Crippen LogP contribution in [0.5, 0.6) is 5.88 Å². The van der Waals surface area contributed by atoms with Gasteiger partial charge in [-0.25, -0.2) is 19.2 Å². The number of hydrogen-bond donors (Lipinski definition) is 1. The number of carbonyl (C=O) groups is 1. The first kappa shape index (κ1) is 27.5. The summed E-state index contributed by atoms with van der Waals surface area (Å²) in [7, 11) is 1.63. The van der Waals surface area contributed by atoms with Crippen LogP contribution in [0.25, 0.3) is 22.3 Å². The molecule has 0 amide bonds. The Kier molecular flexibility index (Phi) is 8.04. The number of rotatable bonds is 10. The van der Waals surface area contributed by atoms with Gasteiger partial charge in [-0.1, -0.05) is 43.3 Å². The lowest BCUT2D eigenvalue weighted by molar-refractivity contribution is 0.0697. The van der Waals surface area contributed by atoms with Crippen LogP contribution in [-0.2, 0) is 17.9 Å². The summed E-state index contributed by atoms with van der Waals surface area (Å²) < 4.78 is 27.3. The van der Waals surface area contributed by atoms with Crippen LogP contribution in [-0.4, -0.2) is 39.3 Å². The van der Waals surface area contributed by atoms with Crippen LogP contribution in [0.15, 0.2) is 78.9 Å². The molecule has 0 radical (unpaired) electrons. The van der Waals surface area contributed by atoms with Gasteiger partial charge in [0.15, 0.2) is 0 Å². The number of nitriles is 1. The zero-order valence-electron chi connectivity index (χ0n) is 22.5. The highest BCUT2D eigenvalue weighted by Crippen LogP contribution is 2.30. The molecule has 0 fully saturated rings. The molecule has 0 saturated carbocycles. The molecule has 0 unspecified atom stereocenters. The molecule has 2 aromatic heterocycles. The minimum atomic E-state index is -0.985. The highest BCUT2D eigenvalue weighted by Gasteiger charge is 2.20. The number of carboxylic acids is 1. The molecule has 41 heavy (non-hydrogen) atoms. The molecule has 5 rings (SSSR count). The van der Waals surface area contributed by atoms with Crippen molar-refractivity contribution < 1.29 is 23.8 Å². The lowest BCUT2D eigenvalue weighted by Gasteiger charge is -2.16. The third-order valence-electron chi connectivity index (χ3n) is 6.92. The van der Waals surface area contributed by atoms with E-state index in [-0.39, 0.29) is 23.7 Å². The minimum Gasteiger partial charge on any atom is -0.478 e. The third kappa shape index (κ3) is 5.93. The van der Waals surface area contributed by atoms with Gasteiger partial charge in [-0.05, 0) is 42.0 Å². The molecule has 206 valence electrons. The van der Waals surface area contributed by atoms with Gasteiger partial charge in [-0.2, -0.15) is 5.26 Å². The Hall–Kier alpha value is -5.07. The van der Waals surface area contributed by atoms with Crippen LogP contribution in [0, 0.1) is 17.1 Å². The molecule has 1 N–H and O–H groups in total. The fourth-order valence-electron chi connectivity index (χ4n) is 4.66. The maximum absolute atomic E-state index is 14.2. The number of ether oxygens (including phenoxy) is 2. The van der Waals surface area contributed by atoms with Gasteiger partial charge < -0.3 is 19.1 Å². The second kappa shape index (κ2) is 12.0. The summed E-state index contributed by atoms with van der Waals surface area (Å²) in [6.07, 6.45) is 0. The first-order chi connectivity index (χ1) is 19.9. The van der Waals surface area contributed by atoms with Crippen molar-refractivity contribution in [3.63, 3.8) is 0 Å². The van der Waals surface area contributed by atoms with Crippen molar-refractivity contribution in [2.24, 2.45) is 0 Å². The van der Waals surface area contributed by atoms with Crippen molar-refractivity contribution >= 4 is 17.0 Å². The predicted octanol–water partition coefficient (Wildman–Crippen LogP) is 6.18. The molecule has 0 aliphatic carbocycles. The van der Waals surface area contributed by atoms with E-state index in [2.05, 4.69) is 11.9 Å². The van der Waals surface area contributed by atoms with E-state index in [1.807, 2.05) is 47.0 Å². The number of hydrogen-bond acceptors (Lipinski definition) is 6. The summed E-state index contributed by atoms with van der Waals surface area (Å²) in [5, 5.41) is 18.4. The normalized spacial score (nSPS) is 11.8. The Morgan fingerprint density at radius 1 is 1.07 bits per heavy atom. The Bertz CT molecular complexity index is 1760. The monoisotopic (exact) mass is 550 g/mol. The number of benzene rings is 3. The summed E-state index contributed by atoms with van der Waals surface area (Å²) in [4.78, 5) is 21.0. The van der Waals surface area contributed by atoms with Crippen LogP contribution >= 0.6 is 0 Å². The van der Waals surface area contributed by atoms with E-state index < -0.39 is 11.8 Å². The summed E-state index contributed by atoms with van der Waals surface area (Å²) in [5.41, 5.74) is 4.90. The van der Waals surface area contributed by atoms with Gasteiger partial charge in [-0.15, -0.1) is 0 Å². The zero-order chi connectivity index (χ0) is 28.9. The molecule has 0 aliphatic heterocycles. The number of pyridine rings is 1. The lowest BCUT2D eigenvalue weighted by Crippen LogP contribution is -2.11.